The van der Waals surface area contributed by atoms with Crippen LogP contribution in [-0.4, -0.2) is 27.0 Å². The van der Waals surface area contributed by atoms with Crippen LogP contribution in [0, 0.1) is 0 Å². The Kier molecular flexibility index (Phi) is 2.65. The first-order valence-corrected chi connectivity index (χ1v) is 5.41. The van der Waals surface area contributed by atoms with Crippen LogP contribution >= 0.6 is 11.6 Å². The van der Waals surface area contributed by atoms with Gasteiger partial charge in [0.1, 0.15) is 0 Å². The maximum atomic E-state index is 5.76. The average molecular weight is 228 g/mol. The minimum absolute atomic E-state index is 0.156. The van der Waals surface area contributed by atoms with Gasteiger partial charge in [-0.15, -0.1) is 0 Å². The molecule has 0 aromatic carbocycles. The van der Waals surface area contributed by atoms with E-state index >= 15 is 0 Å². The van der Waals surface area contributed by atoms with E-state index in [1.54, 1.807) is 0 Å². The lowest BCUT2D eigenvalue weighted by atomic mass is 10.3. The molecule has 0 aliphatic heterocycles. The molecule has 0 saturated heterocycles. The van der Waals surface area contributed by atoms with Gasteiger partial charge in [0.2, 0.25) is 17.2 Å². The van der Waals surface area contributed by atoms with Crippen molar-refractivity contribution in [3.63, 3.8) is 0 Å². The van der Waals surface area contributed by atoms with Gasteiger partial charge in [0.15, 0.2) is 0 Å². The predicted octanol–water partition coefficient (Wildman–Crippen LogP) is 1.48. The Labute approximate surface area is 93.7 Å². The molecule has 15 heavy (non-hydrogen) atoms. The van der Waals surface area contributed by atoms with Gasteiger partial charge in [0.25, 0.3) is 0 Å². The van der Waals surface area contributed by atoms with Crippen LogP contribution in [0.2, 0.25) is 5.28 Å². The van der Waals surface area contributed by atoms with Crippen LogP contribution in [0.3, 0.4) is 0 Å². The number of nitrogens with zero attached hydrogens (tertiary/aromatic N) is 4. The van der Waals surface area contributed by atoms with E-state index in [-0.39, 0.29) is 11.2 Å². The van der Waals surface area contributed by atoms with E-state index < -0.39 is 0 Å². The molecule has 1 aliphatic carbocycles. The van der Waals surface area contributed by atoms with Crippen molar-refractivity contribution in [1.82, 2.24) is 15.0 Å². The standard InChI is InChI=1S/C9H14ClN5/c1-5(2)15(6-3-4-6)9-13-7(10)12-8(11)14-9/h5-6H,3-4H2,1-2H3,(H2,11,12,13,14). The number of halogens is 1. The van der Waals surface area contributed by atoms with Gasteiger partial charge in [-0.2, -0.15) is 15.0 Å². The van der Waals surface area contributed by atoms with E-state index in [4.69, 9.17) is 17.3 Å². The van der Waals surface area contributed by atoms with Gasteiger partial charge >= 0.3 is 0 Å². The van der Waals surface area contributed by atoms with Crippen LogP contribution in [0.5, 0.6) is 0 Å². The Morgan fingerprint density at radius 3 is 2.47 bits per heavy atom. The molecule has 1 saturated carbocycles. The van der Waals surface area contributed by atoms with E-state index in [1.165, 1.54) is 12.8 Å². The molecule has 0 amide bonds. The third-order valence-corrected chi connectivity index (χ3v) is 2.51. The fraction of sp³-hybridized carbons (Fsp3) is 0.667. The number of rotatable bonds is 3. The molecule has 2 N–H and O–H groups in total. The number of aromatic nitrogens is 3. The molecule has 5 nitrogen and oxygen atoms in total. The highest BCUT2D eigenvalue weighted by atomic mass is 35.5. The minimum atomic E-state index is 0.156. The zero-order valence-electron chi connectivity index (χ0n) is 8.81. The minimum Gasteiger partial charge on any atom is -0.368 e. The van der Waals surface area contributed by atoms with Gasteiger partial charge in [0.05, 0.1) is 0 Å². The van der Waals surface area contributed by atoms with E-state index in [1.807, 2.05) is 0 Å². The molecule has 6 heteroatoms. The smallest absolute Gasteiger partial charge is 0.231 e. The zero-order valence-corrected chi connectivity index (χ0v) is 9.57. The topological polar surface area (TPSA) is 67.9 Å². The first kappa shape index (κ1) is 10.4. The molecule has 1 aliphatic rings. The molecule has 0 unspecified atom stereocenters. The van der Waals surface area contributed by atoms with Gasteiger partial charge in [0, 0.05) is 12.1 Å². The fourth-order valence-corrected chi connectivity index (χ4v) is 1.80. The molecule has 0 radical (unpaired) electrons. The molecule has 2 rings (SSSR count). The molecular formula is C9H14ClN5. The second-order valence-corrected chi connectivity index (χ2v) is 4.33. The second kappa shape index (κ2) is 3.81. The predicted molar refractivity (Wildman–Crippen MR) is 59.9 cm³/mol. The Bertz CT molecular complexity index is 341. The molecule has 1 aromatic heterocycles. The number of hydrogen-bond donors (Lipinski definition) is 1. The summed E-state index contributed by atoms with van der Waals surface area (Å²) >= 11 is 5.76. The molecule has 0 spiro atoms. The lowest BCUT2D eigenvalue weighted by Gasteiger charge is -2.26. The van der Waals surface area contributed by atoms with Crippen LogP contribution in [0.25, 0.3) is 0 Å². The Morgan fingerprint density at radius 1 is 1.33 bits per heavy atom. The molecule has 0 bridgehead atoms. The molecule has 1 fully saturated rings. The average Bonchev–Trinajstić information content (AvgIpc) is 2.85. The summed E-state index contributed by atoms with van der Waals surface area (Å²) < 4.78 is 0. The maximum absolute atomic E-state index is 5.76. The second-order valence-electron chi connectivity index (χ2n) is 3.99. The van der Waals surface area contributed by atoms with E-state index in [2.05, 4.69) is 33.7 Å². The van der Waals surface area contributed by atoms with Crippen LogP contribution in [0.1, 0.15) is 26.7 Å². The lowest BCUT2D eigenvalue weighted by molar-refractivity contribution is 0.655. The summed E-state index contributed by atoms with van der Waals surface area (Å²) in [6, 6.07) is 0.873. The zero-order chi connectivity index (χ0) is 11.0. The van der Waals surface area contributed by atoms with Crippen molar-refractivity contribution in [3.8, 4) is 0 Å². The third kappa shape index (κ3) is 2.28. The van der Waals surface area contributed by atoms with Crippen LogP contribution in [-0.2, 0) is 0 Å². The summed E-state index contributed by atoms with van der Waals surface area (Å²) in [5.41, 5.74) is 5.54. The largest absolute Gasteiger partial charge is 0.368 e. The van der Waals surface area contributed by atoms with Crippen molar-refractivity contribution in [2.24, 2.45) is 0 Å². The highest BCUT2D eigenvalue weighted by Gasteiger charge is 2.32. The van der Waals surface area contributed by atoms with Gasteiger partial charge in [-0.05, 0) is 38.3 Å². The highest BCUT2D eigenvalue weighted by molar-refractivity contribution is 6.28. The Morgan fingerprint density at radius 2 is 2.00 bits per heavy atom. The lowest BCUT2D eigenvalue weighted by Crippen LogP contribution is -2.34. The molecular weight excluding hydrogens is 214 g/mol. The summed E-state index contributed by atoms with van der Waals surface area (Å²) in [6.45, 7) is 4.21. The number of nitrogen functional groups attached to an aromatic ring is 1. The Balaban J connectivity index is 2.32. The van der Waals surface area contributed by atoms with Crippen molar-refractivity contribution in [2.45, 2.75) is 38.8 Å². The van der Waals surface area contributed by atoms with Gasteiger partial charge in [-0.3, -0.25) is 0 Å². The van der Waals surface area contributed by atoms with Gasteiger partial charge in [-0.1, -0.05) is 0 Å². The Hall–Kier alpha value is -1.10. The van der Waals surface area contributed by atoms with Crippen molar-refractivity contribution < 1.29 is 0 Å². The van der Waals surface area contributed by atoms with Crippen LogP contribution < -0.4 is 10.6 Å². The van der Waals surface area contributed by atoms with Crippen molar-refractivity contribution in [2.75, 3.05) is 10.6 Å². The van der Waals surface area contributed by atoms with E-state index in [9.17, 15) is 0 Å². The quantitative estimate of drug-likeness (QED) is 0.847. The first-order valence-electron chi connectivity index (χ1n) is 5.03. The molecule has 82 valence electrons. The maximum Gasteiger partial charge on any atom is 0.231 e. The first-order chi connectivity index (χ1) is 7.08. The summed E-state index contributed by atoms with van der Waals surface area (Å²) in [7, 11) is 0. The van der Waals surface area contributed by atoms with Crippen molar-refractivity contribution >= 4 is 23.5 Å². The fourth-order valence-electron chi connectivity index (χ4n) is 1.64. The van der Waals surface area contributed by atoms with Crippen molar-refractivity contribution in [3.05, 3.63) is 5.28 Å². The van der Waals surface area contributed by atoms with E-state index in [0.717, 1.165) is 0 Å². The molecule has 1 aromatic rings. The van der Waals surface area contributed by atoms with Gasteiger partial charge < -0.3 is 10.6 Å². The molecule has 1 heterocycles. The monoisotopic (exact) mass is 227 g/mol. The summed E-state index contributed by atoms with van der Waals surface area (Å²) in [4.78, 5) is 14.1. The number of hydrogen-bond acceptors (Lipinski definition) is 5. The van der Waals surface area contributed by atoms with Crippen LogP contribution in [0.4, 0.5) is 11.9 Å². The van der Waals surface area contributed by atoms with Gasteiger partial charge in [-0.25, -0.2) is 0 Å². The normalized spacial score (nSPS) is 15.7. The third-order valence-electron chi connectivity index (χ3n) is 2.34. The van der Waals surface area contributed by atoms with Crippen LogP contribution in [0.15, 0.2) is 0 Å². The SMILES string of the molecule is CC(C)N(c1nc(N)nc(Cl)n1)C1CC1. The number of anilines is 2. The van der Waals surface area contributed by atoms with Crippen molar-refractivity contribution in [1.29, 1.82) is 0 Å². The summed E-state index contributed by atoms with van der Waals surface area (Å²) in [5, 5.41) is 0.156. The highest BCUT2D eigenvalue weighted by Crippen LogP contribution is 2.31. The molecule has 0 atom stereocenters. The van der Waals surface area contributed by atoms with E-state index in [0.29, 0.717) is 18.0 Å². The summed E-state index contributed by atoms with van der Waals surface area (Å²) in [5.74, 6) is 0.765. The number of nitrogens with two attached hydrogens (primary N) is 1. The summed E-state index contributed by atoms with van der Waals surface area (Å²) in [6.07, 6.45) is 2.36.